The predicted octanol–water partition coefficient (Wildman–Crippen LogP) is 1.53. The first kappa shape index (κ1) is 14.4. The molecule has 1 amide bonds. The average Bonchev–Trinajstić information content (AvgIpc) is 2.37. The van der Waals surface area contributed by atoms with E-state index in [1.807, 2.05) is 6.07 Å². The molecular formula is C13H21N3O2. The van der Waals surface area contributed by atoms with Crippen molar-refractivity contribution in [2.75, 3.05) is 32.1 Å². The van der Waals surface area contributed by atoms with Crippen molar-refractivity contribution in [2.24, 2.45) is 5.92 Å². The van der Waals surface area contributed by atoms with Crippen molar-refractivity contribution >= 4 is 11.6 Å². The molecule has 1 aromatic rings. The highest BCUT2D eigenvalue weighted by molar-refractivity contribution is 5.93. The standard InChI is InChI=1S/C13H21N3O2/c1-10(2)9-16-11-4-5-14-12(8-11)13(17)15-6-7-18-3/h4-5,8,10H,6-7,9H2,1-3H3,(H,14,16)(H,15,17). The number of carbonyl (C=O) groups is 1. The molecule has 0 aliphatic carbocycles. The number of ether oxygens (including phenoxy) is 1. The van der Waals surface area contributed by atoms with Crippen LogP contribution in [0.4, 0.5) is 5.69 Å². The van der Waals surface area contributed by atoms with Crippen molar-refractivity contribution < 1.29 is 9.53 Å². The Kier molecular flexibility index (Phi) is 6.14. The Labute approximate surface area is 108 Å². The van der Waals surface area contributed by atoms with Gasteiger partial charge in [-0.3, -0.25) is 9.78 Å². The van der Waals surface area contributed by atoms with Crippen LogP contribution in [-0.4, -0.2) is 37.7 Å². The summed E-state index contributed by atoms with van der Waals surface area (Å²) >= 11 is 0. The molecule has 0 unspecified atom stereocenters. The van der Waals surface area contributed by atoms with Gasteiger partial charge in [-0.1, -0.05) is 13.8 Å². The number of hydrogen-bond acceptors (Lipinski definition) is 4. The first-order chi connectivity index (χ1) is 8.63. The van der Waals surface area contributed by atoms with Crippen molar-refractivity contribution in [3.63, 3.8) is 0 Å². The molecule has 5 heteroatoms. The van der Waals surface area contributed by atoms with Gasteiger partial charge in [-0.15, -0.1) is 0 Å². The number of rotatable bonds is 7. The van der Waals surface area contributed by atoms with E-state index in [1.165, 1.54) is 0 Å². The van der Waals surface area contributed by atoms with E-state index in [-0.39, 0.29) is 5.91 Å². The summed E-state index contributed by atoms with van der Waals surface area (Å²) in [5.74, 6) is 0.373. The number of nitrogens with zero attached hydrogens (tertiary/aromatic N) is 1. The van der Waals surface area contributed by atoms with Gasteiger partial charge in [0.05, 0.1) is 6.61 Å². The van der Waals surface area contributed by atoms with Crippen molar-refractivity contribution in [3.05, 3.63) is 24.0 Å². The van der Waals surface area contributed by atoms with E-state index in [9.17, 15) is 4.79 Å². The van der Waals surface area contributed by atoms with Crippen LogP contribution in [-0.2, 0) is 4.74 Å². The van der Waals surface area contributed by atoms with E-state index < -0.39 is 0 Å². The fraction of sp³-hybridized carbons (Fsp3) is 0.538. The Bertz CT molecular complexity index is 380. The average molecular weight is 251 g/mol. The van der Waals surface area contributed by atoms with Gasteiger partial charge >= 0.3 is 0 Å². The molecule has 5 nitrogen and oxygen atoms in total. The van der Waals surface area contributed by atoms with Crippen LogP contribution in [0.2, 0.25) is 0 Å². The van der Waals surface area contributed by atoms with Crippen LogP contribution >= 0.6 is 0 Å². The van der Waals surface area contributed by atoms with Crippen LogP contribution in [0.15, 0.2) is 18.3 Å². The maximum atomic E-state index is 11.8. The van der Waals surface area contributed by atoms with Crippen molar-refractivity contribution in [1.29, 1.82) is 0 Å². The molecule has 0 aromatic carbocycles. The maximum absolute atomic E-state index is 11.8. The summed E-state index contributed by atoms with van der Waals surface area (Å²) in [7, 11) is 1.60. The van der Waals surface area contributed by atoms with Crippen LogP contribution in [0.25, 0.3) is 0 Å². The topological polar surface area (TPSA) is 63.2 Å². The summed E-state index contributed by atoms with van der Waals surface area (Å²) in [6, 6.07) is 3.61. The monoisotopic (exact) mass is 251 g/mol. The summed E-state index contributed by atoms with van der Waals surface area (Å²) in [6.45, 7) is 6.12. The third-order valence-electron chi connectivity index (χ3n) is 2.30. The molecule has 2 N–H and O–H groups in total. The minimum absolute atomic E-state index is 0.180. The molecule has 0 atom stereocenters. The molecule has 18 heavy (non-hydrogen) atoms. The summed E-state index contributed by atoms with van der Waals surface area (Å²) in [5, 5.41) is 6.00. The second-order valence-electron chi connectivity index (χ2n) is 4.45. The Hall–Kier alpha value is -1.62. The quantitative estimate of drug-likeness (QED) is 0.721. The van der Waals surface area contributed by atoms with E-state index in [4.69, 9.17) is 4.74 Å². The minimum Gasteiger partial charge on any atom is -0.385 e. The number of amides is 1. The molecule has 0 aliphatic heterocycles. The zero-order chi connectivity index (χ0) is 13.4. The van der Waals surface area contributed by atoms with Crippen LogP contribution in [0.3, 0.4) is 0 Å². The van der Waals surface area contributed by atoms with E-state index >= 15 is 0 Å². The fourth-order valence-electron chi connectivity index (χ4n) is 1.34. The largest absolute Gasteiger partial charge is 0.385 e. The molecule has 0 spiro atoms. The lowest BCUT2D eigenvalue weighted by atomic mass is 10.2. The van der Waals surface area contributed by atoms with Crippen LogP contribution in [0, 0.1) is 5.92 Å². The molecule has 1 heterocycles. The molecule has 0 bridgehead atoms. The number of anilines is 1. The predicted molar refractivity (Wildman–Crippen MR) is 71.8 cm³/mol. The van der Waals surface area contributed by atoms with Gasteiger partial charge in [0.15, 0.2) is 0 Å². The lowest BCUT2D eigenvalue weighted by Gasteiger charge is -2.10. The van der Waals surface area contributed by atoms with Crippen LogP contribution < -0.4 is 10.6 Å². The molecule has 0 saturated heterocycles. The molecule has 1 aromatic heterocycles. The molecule has 0 saturated carbocycles. The highest BCUT2D eigenvalue weighted by atomic mass is 16.5. The smallest absolute Gasteiger partial charge is 0.270 e. The van der Waals surface area contributed by atoms with Gasteiger partial charge in [-0.25, -0.2) is 0 Å². The Morgan fingerprint density at radius 3 is 2.94 bits per heavy atom. The molecule has 100 valence electrons. The van der Waals surface area contributed by atoms with Gasteiger partial charge in [-0.2, -0.15) is 0 Å². The minimum atomic E-state index is -0.180. The third kappa shape index (κ3) is 5.14. The Morgan fingerprint density at radius 2 is 2.28 bits per heavy atom. The first-order valence-corrected chi connectivity index (χ1v) is 6.10. The zero-order valence-corrected chi connectivity index (χ0v) is 11.2. The number of carbonyl (C=O) groups excluding carboxylic acids is 1. The molecule has 0 radical (unpaired) electrons. The molecule has 0 fully saturated rings. The first-order valence-electron chi connectivity index (χ1n) is 6.10. The Morgan fingerprint density at radius 1 is 1.50 bits per heavy atom. The molecule has 1 rings (SSSR count). The highest BCUT2D eigenvalue weighted by Gasteiger charge is 2.07. The molecular weight excluding hydrogens is 230 g/mol. The second kappa shape index (κ2) is 7.66. The van der Waals surface area contributed by atoms with Gasteiger partial charge in [-0.05, 0) is 18.1 Å². The lowest BCUT2D eigenvalue weighted by molar-refractivity contribution is 0.0932. The Balaban J connectivity index is 2.55. The van der Waals surface area contributed by atoms with Crippen molar-refractivity contribution in [3.8, 4) is 0 Å². The van der Waals surface area contributed by atoms with Gasteiger partial charge in [0, 0.05) is 32.1 Å². The van der Waals surface area contributed by atoms with Crippen molar-refractivity contribution in [1.82, 2.24) is 10.3 Å². The van der Waals surface area contributed by atoms with E-state index in [2.05, 4.69) is 29.5 Å². The van der Waals surface area contributed by atoms with Gasteiger partial charge in [0.2, 0.25) is 0 Å². The summed E-state index contributed by atoms with van der Waals surface area (Å²) < 4.78 is 4.87. The highest BCUT2D eigenvalue weighted by Crippen LogP contribution is 2.08. The number of hydrogen-bond donors (Lipinski definition) is 2. The van der Waals surface area contributed by atoms with Crippen molar-refractivity contribution in [2.45, 2.75) is 13.8 Å². The van der Waals surface area contributed by atoms with Gasteiger partial charge in [0.1, 0.15) is 5.69 Å². The number of aromatic nitrogens is 1. The summed E-state index contributed by atoms with van der Waals surface area (Å²) in [5.41, 5.74) is 1.33. The molecule has 0 aliphatic rings. The van der Waals surface area contributed by atoms with Crippen LogP contribution in [0.1, 0.15) is 24.3 Å². The van der Waals surface area contributed by atoms with Crippen LogP contribution in [0.5, 0.6) is 0 Å². The lowest BCUT2D eigenvalue weighted by Crippen LogP contribution is -2.27. The summed E-state index contributed by atoms with van der Waals surface area (Å²) in [4.78, 5) is 15.8. The zero-order valence-electron chi connectivity index (χ0n) is 11.2. The van der Waals surface area contributed by atoms with E-state index in [0.29, 0.717) is 24.8 Å². The number of nitrogens with one attached hydrogen (secondary N) is 2. The second-order valence-corrected chi connectivity index (χ2v) is 4.45. The maximum Gasteiger partial charge on any atom is 0.270 e. The normalized spacial score (nSPS) is 10.4. The third-order valence-corrected chi connectivity index (χ3v) is 2.30. The van der Waals surface area contributed by atoms with Gasteiger partial charge in [0.25, 0.3) is 5.91 Å². The van der Waals surface area contributed by atoms with E-state index in [0.717, 1.165) is 12.2 Å². The summed E-state index contributed by atoms with van der Waals surface area (Å²) in [6.07, 6.45) is 1.63. The number of pyridine rings is 1. The van der Waals surface area contributed by atoms with E-state index in [1.54, 1.807) is 19.4 Å². The number of methoxy groups -OCH3 is 1. The SMILES string of the molecule is COCCNC(=O)c1cc(NCC(C)C)ccn1. The fourth-order valence-corrected chi connectivity index (χ4v) is 1.34. The van der Waals surface area contributed by atoms with Gasteiger partial charge < -0.3 is 15.4 Å².